The van der Waals surface area contributed by atoms with E-state index in [4.69, 9.17) is 13.0 Å². The Morgan fingerprint density at radius 2 is 1.50 bits per heavy atom. The Bertz CT molecular complexity index is 168. The van der Waals surface area contributed by atoms with Crippen LogP contribution in [0.1, 0.15) is 1.43 Å². The van der Waals surface area contributed by atoms with E-state index in [9.17, 15) is 13.2 Å². The quantitative estimate of drug-likeness (QED) is 0.410. The fourth-order valence-corrected chi connectivity index (χ4v) is 0. The summed E-state index contributed by atoms with van der Waals surface area (Å²) in [6.45, 7) is 0. The third kappa shape index (κ3) is 1.66. The Balaban J connectivity index is 0. The number of alkyl halides is 3. The summed E-state index contributed by atoms with van der Waals surface area (Å²) in [6.07, 6.45) is 0. The smallest absolute Gasteiger partial charge is 0.279 e. The molecule has 0 rings (SSSR count). The average molecular weight is 153 g/mol. The third-order valence-electron chi connectivity index (χ3n) is 0.292. The van der Waals surface area contributed by atoms with Crippen LogP contribution in [0.5, 0.6) is 0 Å². The zero-order valence-electron chi connectivity index (χ0n) is 3.31. The highest BCUT2D eigenvalue weighted by molar-refractivity contribution is 7.86. The number of rotatable bonds is 0. The van der Waals surface area contributed by atoms with E-state index in [0.717, 1.165) is 0 Å². The van der Waals surface area contributed by atoms with E-state index in [1.165, 1.54) is 0 Å². The molecule has 0 aliphatic carbocycles. The van der Waals surface area contributed by atoms with Crippen LogP contribution in [0.4, 0.5) is 13.2 Å². The van der Waals surface area contributed by atoms with Gasteiger partial charge in [-0.05, 0) is 0 Å². The molecular weight excluding hydrogens is 149 g/mol. The van der Waals surface area contributed by atoms with Crippen molar-refractivity contribution in [3.8, 4) is 0 Å². The van der Waals surface area contributed by atoms with Crippen molar-refractivity contribution >= 4 is 10.1 Å². The molecule has 1 N–H and O–H groups in total. The Kier molecular flexibility index (Phi) is 1.53. The van der Waals surface area contributed by atoms with Crippen LogP contribution in [0.25, 0.3) is 0 Å². The molecule has 7 heteroatoms. The van der Waals surface area contributed by atoms with E-state index >= 15 is 0 Å². The molecule has 3 nitrogen and oxygen atoms in total. The van der Waals surface area contributed by atoms with Crippen molar-refractivity contribution in [2.24, 2.45) is 0 Å². The van der Waals surface area contributed by atoms with Crippen molar-refractivity contribution < 1.29 is 27.6 Å². The van der Waals surface area contributed by atoms with Crippen LogP contribution in [-0.2, 0) is 10.1 Å². The second-order valence-electron chi connectivity index (χ2n) is 0.921. The van der Waals surface area contributed by atoms with Crippen LogP contribution in [0, 0.1) is 0 Å². The third-order valence-corrected chi connectivity index (χ3v) is 0.877. The van der Waals surface area contributed by atoms with E-state index in [-0.39, 0.29) is 1.43 Å². The van der Waals surface area contributed by atoms with Gasteiger partial charge in [-0.1, -0.05) is 0 Å². The second kappa shape index (κ2) is 1.59. The largest absolute Gasteiger partial charge is 0.522 e. The van der Waals surface area contributed by atoms with E-state index in [1.54, 1.807) is 0 Å². The molecular formula is CH3F3O3S. The molecule has 0 aliphatic heterocycles. The summed E-state index contributed by atoms with van der Waals surface area (Å²) in [4.78, 5) is 0. The maximum Gasteiger partial charge on any atom is 0.522 e. The van der Waals surface area contributed by atoms with Crippen molar-refractivity contribution in [2.45, 2.75) is 5.51 Å². The number of hydrogen-bond acceptors (Lipinski definition) is 2. The van der Waals surface area contributed by atoms with Gasteiger partial charge >= 0.3 is 15.6 Å². The van der Waals surface area contributed by atoms with Crippen LogP contribution < -0.4 is 0 Å². The molecule has 0 aromatic rings. The van der Waals surface area contributed by atoms with Gasteiger partial charge in [0.05, 0.1) is 0 Å². The van der Waals surface area contributed by atoms with Gasteiger partial charge in [-0.2, -0.15) is 21.6 Å². The van der Waals surface area contributed by atoms with Gasteiger partial charge in [0.2, 0.25) is 0 Å². The molecule has 0 aromatic heterocycles. The van der Waals surface area contributed by atoms with Crippen molar-refractivity contribution in [2.75, 3.05) is 0 Å². The summed E-state index contributed by atoms with van der Waals surface area (Å²) >= 11 is 0. The lowest BCUT2D eigenvalue weighted by atomic mass is 11.6. The Hall–Kier alpha value is -0.300. The molecule has 0 aromatic carbocycles. The van der Waals surface area contributed by atoms with Gasteiger partial charge in [0.15, 0.2) is 0 Å². The molecule has 0 heterocycles. The summed E-state index contributed by atoms with van der Waals surface area (Å²) in [5, 5.41) is 0. The minimum Gasteiger partial charge on any atom is -0.279 e. The standard InChI is InChI=1S/CHF3O3S.H2/c2-1(3,4)8(5,6)7;/h(H,5,6,7);1H/i;1+1. The number of halogens is 3. The lowest BCUT2D eigenvalue weighted by Crippen LogP contribution is -2.21. The van der Waals surface area contributed by atoms with E-state index in [2.05, 4.69) is 0 Å². The first kappa shape index (κ1) is 7.70. The Morgan fingerprint density at radius 1 is 1.38 bits per heavy atom. The lowest BCUT2D eigenvalue weighted by molar-refractivity contribution is -0.0510. The molecule has 0 fully saturated rings. The fourth-order valence-electron chi connectivity index (χ4n) is 0. The van der Waals surface area contributed by atoms with E-state index < -0.39 is 15.6 Å². The molecule has 0 radical (unpaired) electrons. The van der Waals surface area contributed by atoms with Gasteiger partial charge < -0.3 is 0 Å². The Labute approximate surface area is 44.3 Å². The van der Waals surface area contributed by atoms with Crippen LogP contribution in [0.15, 0.2) is 0 Å². The minimum absolute atomic E-state index is 0. The van der Waals surface area contributed by atoms with E-state index in [1.807, 2.05) is 0 Å². The van der Waals surface area contributed by atoms with Crippen LogP contribution in [0.2, 0.25) is 0 Å². The molecule has 0 bridgehead atoms. The average Bonchev–Trinajstić information content (AvgIpc) is 1.25. The molecule has 8 heavy (non-hydrogen) atoms. The zero-order chi connectivity index (χ0) is 7.00. The highest BCUT2D eigenvalue weighted by Crippen LogP contribution is 2.20. The summed E-state index contributed by atoms with van der Waals surface area (Å²) in [5.41, 5.74) is -5.53. The molecule has 0 aliphatic rings. The first-order chi connectivity index (χ1) is 3.25. The van der Waals surface area contributed by atoms with Gasteiger partial charge in [0.25, 0.3) is 0 Å². The van der Waals surface area contributed by atoms with Crippen molar-refractivity contribution in [3.63, 3.8) is 0 Å². The SMILES string of the molecule is O=S(=O)(O)C(F)(F)F.[2HH]. The van der Waals surface area contributed by atoms with Crippen LogP contribution in [-0.4, -0.2) is 18.5 Å². The summed E-state index contributed by atoms with van der Waals surface area (Å²) in [6, 6.07) is 0. The normalized spacial score (nSPS) is 14.0. The molecule has 0 atom stereocenters. The lowest BCUT2D eigenvalue weighted by Gasteiger charge is -1.97. The van der Waals surface area contributed by atoms with Crippen molar-refractivity contribution in [1.29, 1.82) is 0 Å². The molecule has 0 saturated heterocycles. The summed E-state index contributed by atoms with van der Waals surface area (Å²) < 4.78 is 57.5. The highest BCUT2D eigenvalue weighted by atomic mass is 32.2. The molecule has 0 amide bonds. The summed E-state index contributed by atoms with van der Waals surface area (Å²) in [5.74, 6) is 0. The van der Waals surface area contributed by atoms with Gasteiger partial charge in [-0.15, -0.1) is 0 Å². The number of hydrogen-bond donors (Lipinski definition) is 1. The second-order valence-corrected chi connectivity index (χ2v) is 2.33. The highest BCUT2D eigenvalue weighted by Gasteiger charge is 2.44. The van der Waals surface area contributed by atoms with Gasteiger partial charge in [0.1, 0.15) is 0 Å². The van der Waals surface area contributed by atoms with Crippen molar-refractivity contribution in [1.82, 2.24) is 0 Å². The maximum absolute atomic E-state index is 10.7. The van der Waals surface area contributed by atoms with Gasteiger partial charge in [-0.3, -0.25) is 4.55 Å². The monoisotopic (exact) mass is 153 g/mol. The summed E-state index contributed by atoms with van der Waals surface area (Å²) in [7, 11) is -5.84. The maximum atomic E-state index is 10.7. The van der Waals surface area contributed by atoms with Crippen molar-refractivity contribution in [3.05, 3.63) is 0 Å². The predicted octanol–water partition coefficient (Wildman–Crippen LogP) is 0.640. The molecule has 52 valence electrons. The first-order valence-electron chi connectivity index (χ1n) is 1.29. The van der Waals surface area contributed by atoms with E-state index in [0.29, 0.717) is 0 Å². The van der Waals surface area contributed by atoms with Crippen LogP contribution in [0.3, 0.4) is 0 Å². The zero-order valence-corrected chi connectivity index (χ0v) is 4.12. The Morgan fingerprint density at radius 3 is 1.50 bits per heavy atom. The van der Waals surface area contributed by atoms with Gasteiger partial charge in [-0.25, -0.2) is 0 Å². The van der Waals surface area contributed by atoms with Crippen LogP contribution >= 0.6 is 0 Å². The topological polar surface area (TPSA) is 54.4 Å². The molecule has 0 spiro atoms. The minimum atomic E-state index is -5.84. The van der Waals surface area contributed by atoms with Gasteiger partial charge in [0, 0.05) is 1.43 Å². The fraction of sp³-hybridized carbons (Fsp3) is 1.00. The predicted molar refractivity (Wildman–Crippen MR) is 19.7 cm³/mol. The first-order valence-corrected chi connectivity index (χ1v) is 2.73. The molecule has 0 saturated carbocycles. The molecule has 0 unspecified atom stereocenters.